The summed E-state index contributed by atoms with van der Waals surface area (Å²) in [5, 5.41) is -0.426. The molecule has 2 heteroatoms. The Morgan fingerprint density at radius 2 is 1.07 bits per heavy atom. The quantitative estimate of drug-likeness (QED) is 0.188. The molecule has 0 aliphatic carbocycles. The standard InChI is InChI=1S/C44H26O2/c1-2-13-28(14-3-1)40-26-38-36(25-37-31-16-10-11-21-39(31)45-43(37)44(38)46-40)42-34-19-8-6-17-32(34)41(33-18-7-9-20-35(33)42)30-23-22-27-12-4-5-15-29(27)24-30/h1-26H/i4D,5D,6D,7D,8D,9D,12D,15D,17D,18D,19D,20D,22D,23D,24D. The summed E-state index contributed by atoms with van der Waals surface area (Å²) in [5.41, 5.74) is 1.11. The number of hydrogen-bond donors (Lipinski definition) is 0. The maximum absolute atomic E-state index is 9.52. The molecule has 0 radical (unpaired) electrons. The molecule has 10 aromatic rings. The van der Waals surface area contributed by atoms with E-state index in [2.05, 4.69) is 0 Å². The molecule has 2 nitrogen and oxygen atoms in total. The minimum absolute atomic E-state index is 0.0304. The number of rotatable bonds is 3. The molecule has 2 aromatic heterocycles. The predicted molar refractivity (Wildman–Crippen MR) is 192 cm³/mol. The van der Waals surface area contributed by atoms with E-state index in [0.29, 0.717) is 38.6 Å². The minimum Gasteiger partial charge on any atom is -0.452 e. The smallest absolute Gasteiger partial charge is 0.178 e. The summed E-state index contributed by atoms with van der Waals surface area (Å²) in [4.78, 5) is 0. The highest BCUT2D eigenvalue weighted by atomic mass is 16.4. The normalized spacial score (nSPS) is 16.5. The maximum Gasteiger partial charge on any atom is 0.178 e. The summed E-state index contributed by atoms with van der Waals surface area (Å²) in [6.45, 7) is 0. The molecular weight excluding hydrogens is 560 g/mol. The fourth-order valence-electron chi connectivity index (χ4n) is 6.36. The molecular formula is C44H26O2. The van der Waals surface area contributed by atoms with Crippen LogP contribution in [0.15, 0.2) is 166 Å². The number of benzene rings is 8. The summed E-state index contributed by atoms with van der Waals surface area (Å²) in [5.74, 6) is 0.403. The third-order valence-electron chi connectivity index (χ3n) is 8.35. The SMILES string of the molecule is [2H]c1c([2H])c([2H])c2c([2H])c(-c3c4c([2H])c([2H])c([2H])c([2H])c4c(-c4cc5c6ccccc6oc5c5oc(-c6ccccc6)cc45)c4c([2H])c([2H])c([2H])c([2H])c34)c([2H])c([2H])c2c1[2H]. The van der Waals surface area contributed by atoms with E-state index in [0.717, 1.165) is 0 Å². The zero-order valence-electron chi connectivity index (χ0n) is 38.7. The van der Waals surface area contributed by atoms with E-state index >= 15 is 0 Å². The highest BCUT2D eigenvalue weighted by Crippen LogP contribution is 2.49. The lowest BCUT2D eigenvalue weighted by molar-refractivity contribution is 0.611. The van der Waals surface area contributed by atoms with E-state index in [1.54, 1.807) is 24.3 Å². The van der Waals surface area contributed by atoms with Crippen molar-refractivity contribution < 1.29 is 29.4 Å². The third kappa shape index (κ3) is 3.65. The molecule has 0 aliphatic rings. The molecule has 0 aliphatic heterocycles. The summed E-state index contributed by atoms with van der Waals surface area (Å²) < 4.78 is 148. The molecule has 10 rings (SSSR count). The van der Waals surface area contributed by atoms with Crippen LogP contribution in [0, 0.1) is 0 Å². The number of fused-ring (bicyclic) bond motifs is 8. The van der Waals surface area contributed by atoms with Gasteiger partial charge in [-0.3, -0.25) is 0 Å². The van der Waals surface area contributed by atoms with Gasteiger partial charge in [0.2, 0.25) is 0 Å². The fraction of sp³-hybridized carbons (Fsp3) is 0. The van der Waals surface area contributed by atoms with Crippen molar-refractivity contribution in [1.29, 1.82) is 0 Å². The molecule has 0 bridgehead atoms. The van der Waals surface area contributed by atoms with Gasteiger partial charge in [0.05, 0.1) is 20.6 Å². The first-order valence-corrected chi connectivity index (χ1v) is 14.5. The molecule has 0 saturated heterocycles. The van der Waals surface area contributed by atoms with Gasteiger partial charge in [-0.1, -0.05) is 133 Å². The number of hydrogen-bond acceptors (Lipinski definition) is 2. The molecule has 46 heavy (non-hydrogen) atoms. The lowest BCUT2D eigenvalue weighted by Crippen LogP contribution is -1.91. The Bertz CT molecular complexity index is 3570. The van der Waals surface area contributed by atoms with Crippen molar-refractivity contribution in [2.45, 2.75) is 0 Å². The highest BCUT2D eigenvalue weighted by molar-refractivity contribution is 6.26. The van der Waals surface area contributed by atoms with Crippen molar-refractivity contribution in [1.82, 2.24) is 0 Å². The van der Waals surface area contributed by atoms with E-state index in [4.69, 9.17) is 21.2 Å². The van der Waals surface area contributed by atoms with Crippen molar-refractivity contribution in [3.05, 3.63) is 157 Å². The highest BCUT2D eigenvalue weighted by Gasteiger charge is 2.23. The van der Waals surface area contributed by atoms with Gasteiger partial charge >= 0.3 is 0 Å². The number of para-hydroxylation sites is 1. The van der Waals surface area contributed by atoms with Crippen LogP contribution in [0.2, 0.25) is 0 Å². The van der Waals surface area contributed by atoms with Crippen LogP contribution in [0.4, 0.5) is 0 Å². The average Bonchev–Trinajstić information content (AvgIpc) is 3.88. The first-order chi connectivity index (χ1) is 29.1. The summed E-state index contributed by atoms with van der Waals surface area (Å²) in [6, 6.07) is 9.51. The van der Waals surface area contributed by atoms with Gasteiger partial charge in [-0.15, -0.1) is 0 Å². The lowest BCUT2D eigenvalue weighted by Gasteiger charge is -2.18. The maximum atomic E-state index is 9.52. The molecule has 0 unspecified atom stereocenters. The van der Waals surface area contributed by atoms with Gasteiger partial charge in [-0.2, -0.15) is 0 Å². The van der Waals surface area contributed by atoms with Crippen molar-refractivity contribution in [2.75, 3.05) is 0 Å². The van der Waals surface area contributed by atoms with E-state index in [-0.39, 0.29) is 38.3 Å². The summed E-state index contributed by atoms with van der Waals surface area (Å²) in [6.07, 6.45) is 0. The zero-order valence-corrected chi connectivity index (χ0v) is 23.7. The Kier molecular flexibility index (Phi) is 3.11. The van der Waals surface area contributed by atoms with Gasteiger partial charge in [-0.25, -0.2) is 0 Å². The third-order valence-corrected chi connectivity index (χ3v) is 8.35. The molecule has 0 atom stereocenters. The van der Waals surface area contributed by atoms with Crippen LogP contribution < -0.4 is 0 Å². The first kappa shape index (κ1) is 14.8. The molecule has 8 aromatic carbocycles. The summed E-state index contributed by atoms with van der Waals surface area (Å²) in [7, 11) is 0. The van der Waals surface area contributed by atoms with Gasteiger partial charge < -0.3 is 8.83 Å². The largest absolute Gasteiger partial charge is 0.452 e. The van der Waals surface area contributed by atoms with Crippen LogP contribution in [0.3, 0.4) is 0 Å². The molecule has 0 spiro atoms. The van der Waals surface area contributed by atoms with E-state index in [1.165, 1.54) is 0 Å². The van der Waals surface area contributed by atoms with Gasteiger partial charge in [0.1, 0.15) is 11.3 Å². The van der Waals surface area contributed by atoms with Crippen LogP contribution in [0.25, 0.3) is 98.8 Å². The van der Waals surface area contributed by atoms with E-state index in [1.807, 2.05) is 42.5 Å². The van der Waals surface area contributed by atoms with Crippen molar-refractivity contribution in [2.24, 2.45) is 0 Å². The second-order valence-corrected chi connectivity index (χ2v) is 10.9. The molecule has 214 valence electrons. The Morgan fingerprint density at radius 3 is 1.83 bits per heavy atom. The monoisotopic (exact) mass is 601 g/mol. The minimum atomic E-state index is -0.756. The summed E-state index contributed by atoms with van der Waals surface area (Å²) >= 11 is 0. The predicted octanol–water partition coefficient (Wildman–Crippen LogP) is 12.8. The van der Waals surface area contributed by atoms with E-state index < -0.39 is 113 Å². The molecule has 2 heterocycles. The van der Waals surface area contributed by atoms with Crippen molar-refractivity contribution in [3.8, 4) is 33.6 Å². The Morgan fingerprint density at radius 1 is 0.435 bits per heavy atom. The van der Waals surface area contributed by atoms with Crippen LogP contribution in [-0.2, 0) is 0 Å². The van der Waals surface area contributed by atoms with Crippen LogP contribution >= 0.6 is 0 Å². The second-order valence-electron chi connectivity index (χ2n) is 10.9. The van der Waals surface area contributed by atoms with Crippen LogP contribution in [0.1, 0.15) is 20.6 Å². The molecule has 0 fully saturated rings. The van der Waals surface area contributed by atoms with Crippen molar-refractivity contribution in [3.63, 3.8) is 0 Å². The Labute approximate surface area is 285 Å². The lowest BCUT2D eigenvalue weighted by atomic mass is 9.84. The second kappa shape index (κ2) is 9.69. The van der Waals surface area contributed by atoms with Gasteiger partial charge in [-0.05, 0) is 78.8 Å². The number of furan rings is 2. The van der Waals surface area contributed by atoms with Crippen LogP contribution in [0.5, 0.6) is 0 Å². The Hall–Kier alpha value is -6.12. The van der Waals surface area contributed by atoms with Crippen LogP contribution in [-0.4, -0.2) is 0 Å². The van der Waals surface area contributed by atoms with E-state index in [9.17, 15) is 8.22 Å². The topological polar surface area (TPSA) is 26.3 Å². The van der Waals surface area contributed by atoms with Crippen molar-refractivity contribution >= 4 is 65.2 Å². The average molecular weight is 602 g/mol. The van der Waals surface area contributed by atoms with Gasteiger partial charge in [0.15, 0.2) is 11.2 Å². The molecule has 0 amide bonds. The first-order valence-electron chi connectivity index (χ1n) is 22.0. The van der Waals surface area contributed by atoms with Gasteiger partial charge in [0, 0.05) is 21.7 Å². The Balaban J connectivity index is 1.52. The fourth-order valence-corrected chi connectivity index (χ4v) is 6.36. The molecule has 0 N–H and O–H groups in total. The van der Waals surface area contributed by atoms with Gasteiger partial charge in [0.25, 0.3) is 0 Å². The molecule has 0 saturated carbocycles. The zero-order chi connectivity index (χ0) is 43.2.